The van der Waals surface area contributed by atoms with Gasteiger partial charge in [0.15, 0.2) is 11.5 Å². The molecule has 142 valence electrons. The maximum atomic E-state index is 13.2. The molecule has 0 bridgehead atoms. The molecular formula is C19H13F3N4O2. The third kappa shape index (κ3) is 3.04. The van der Waals surface area contributed by atoms with Gasteiger partial charge in [0.1, 0.15) is 5.69 Å². The van der Waals surface area contributed by atoms with Crippen LogP contribution in [0.15, 0.2) is 51.8 Å². The summed E-state index contributed by atoms with van der Waals surface area (Å²) < 4.78 is 45.9. The quantitative estimate of drug-likeness (QED) is 0.519. The van der Waals surface area contributed by atoms with Gasteiger partial charge in [0.05, 0.1) is 10.9 Å². The van der Waals surface area contributed by atoms with Gasteiger partial charge in [-0.2, -0.15) is 18.3 Å². The number of pyridine rings is 1. The summed E-state index contributed by atoms with van der Waals surface area (Å²) in [7, 11) is 0. The Balaban J connectivity index is 2.01. The second-order valence-corrected chi connectivity index (χ2v) is 6.30. The summed E-state index contributed by atoms with van der Waals surface area (Å²) in [4.78, 5) is 20.8. The van der Waals surface area contributed by atoms with Gasteiger partial charge in [0.25, 0.3) is 0 Å². The second-order valence-electron chi connectivity index (χ2n) is 6.30. The van der Waals surface area contributed by atoms with Gasteiger partial charge in [-0.25, -0.2) is 19.4 Å². The molecule has 0 saturated heterocycles. The molecule has 0 aliphatic heterocycles. The summed E-state index contributed by atoms with van der Waals surface area (Å²) in [5, 5.41) is 3.87. The first kappa shape index (κ1) is 17.9. The molecule has 3 heterocycles. The fourth-order valence-electron chi connectivity index (χ4n) is 2.97. The number of halogens is 3. The number of alkyl halides is 3. The van der Waals surface area contributed by atoms with Crippen LogP contribution < -0.4 is 5.63 Å². The molecule has 9 heteroatoms. The molecule has 0 fully saturated rings. The second kappa shape index (κ2) is 6.29. The van der Waals surface area contributed by atoms with Crippen molar-refractivity contribution in [1.82, 2.24) is 19.7 Å². The van der Waals surface area contributed by atoms with Crippen LogP contribution in [-0.2, 0) is 6.18 Å². The zero-order valence-corrected chi connectivity index (χ0v) is 14.8. The molecule has 28 heavy (non-hydrogen) atoms. The van der Waals surface area contributed by atoms with Crippen molar-refractivity contribution in [3.05, 3.63) is 69.8 Å². The highest BCUT2D eigenvalue weighted by Crippen LogP contribution is 2.32. The largest absolute Gasteiger partial charge is 0.435 e. The summed E-state index contributed by atoms with van der Waals surface area (Å²) in [6.07, 6.45) is -3.26. The number of fused-ring (bicyclic) bond motifs is 1. The number of aromatic nitrogens is 4. The van der Waals surface area contributed by atoms with Crippen LogP contribution in [0.1, 0.15) is 16.8 Å². The van der Waals surface area contributed by atoms with E-state index in [9.17, 15) is 18.0 Å². The Labute approximate surface area is 156 Å². The SMILES string of the molecule is Cc1cc(C)c2nc(-c3cc(C(F)(F)F)nn3-c3ccccn3)oc(=O)c2c1. The third-order valence-corrected chi connectivity index (χ3v) is 4.15. The lowest BCUT2D eigenvalue weighted by molar-refractivity contribution is -0.141. The van der Waals surface area contributed by atoms with Crippen molar-refractivity contribution in [2.24, 2.45) is 0 Å². The van der Waals surface area contributed by atoms with Crippen LogP contribution in [0, 0.1) is 13.8 Å². The van der Waals surface area contributed by atoms with E-state index < -0.39 is 17.5 Å². The van der Waals surface area contributed by atoms with E-state index in [2.05, 4.69) is 15.1 Å². The van der Waals surface area contributed by atoms with E-state index >= 15 is 0 Å². The van der Waals surface area contributed by atoms with E-state index in [0.717, 1.165) is 16.3 Å². The minimum Gasteiger partial charge on any atom is -0.401 e. The van der Waals surface area contributed by atoms with Crippen molar-refractivity contribution in [2.75, 3.05) is 0 Å². The Morgan fingerprint density at radius 1 is 1.11 bits per heavy atom. The first-order chi connectivity index (χ1) is 13.2. The van der Waals surface area contributed by atoms with Crippen molar-refractivity contribution < 1.29 is 17.6 Å². The van der Waals surface area contributed by atoms with Gasteiger partial charge < -0.3 is 4.42 Å². The average molecular weight is 386 g/mol. The van der Waals surface area contributed by atoms with Crippen LogP contribution in [0.25, 0.3) is 28.3 Å². The average Bonchev–Trinajstić information content (AvgIpc) is 3.09. The van der Waals surface area contributed by atoms with Crippen LogP contribution in [0.3, 0.4) is 0 Å². The molecule has 0 atom stereocenters. The fraction of sp³-hybridized carbons (Fsp3) is 0.158. The minimum absolute atomic E-state index is 0.120. The topological polar surface area (TPSA) is 73.8 Å². The smallest absolute Gasteiger partial charge is 0.401 e. The molecule has 0 amide bonds. The molecule has 1 aromatic carbocycles. The van der Waals surface area contributed by atoms with E-state index in [-0.39, 0.29) is 22.8 Å². The monoisotopic (exact) mass is 386 g/mol. The van der Waals surface area contributed by atoms with Crippen molar-refractivity contribution in [3.8, 4) is 17.4 Å². The number of nitrogens with zero attached hydrogens (tertiary/aromatic N) is 4. The fourth-order valence-corrected chi connectivity index (χ4v) is 2.97. The van der Waals surface area contributed by atoms with E-state index in [1.54, 1.807) is 25.1 Å². The van der Waals surface area contributed by atoms with Gasteiger partial charge in [0.2, 0.25) is 5.89 Å². The van der Waals surface area contributed by atoms with Crippen molar-refractivity contribution in [3.63, 3.8) is 0 Å². The van der Waals surface area contributed by atoms with Gasteiger partial charge in [-0.15, -0.1) is 0 Å². The van der Waals surface area contributed by atoms with Crippen molar-refractivity contribution >= 4 is 10.9 Å². The maximum absolute atomic E-state index is 13.2. The lowest BCUT2D eigenvalue weighted by atomic mass is 10.1. The molecule has 4 aromatic rings. The molecule has 0 aliphatic rings. The number of aryl methyl sites for hydroxylation is 2. The highest BCUT2D eigenvalue weighted by molar-refractivity contribution is 5.82. The maximum Gasteiger partial charge on any atom is 0.435 e. The molecule has 4 rings (SSSR count). The van der Waals surface area contributed by atoms with Gasteiger partial charge in [-0.1, -0.05) is 12.1 Å². The van der Waals surface area contributed by atoms with Gasteiger partial charge in [-0.3, -0.25) is 0 Å². The Morgan fingerprint density at radius 3 is 2.57 bits per heavy atom. The summed E-state index contributed by atoms with van der Waals surface area (Å²) in [5.41, 5.74) is -0.0227. The van der Waals surface area contributed by atoms with E-state index in [1.807, 2.05) is 13.0 Å². The first-order valence-corrected chi connectivity index (χ1v) is 8.25. The molecular weight excluding hydrogens is 373 g/mol. The highest BCUT2D eigenvalue weighted by Gasteiger charge is 2.36. The lowest BCUT2D eigenvalue weighted by Crippen LogP contribution is -2.09. The summed E-state index contributed by atoms with van der Waals surface area (Å²) >= 11 is 0. The molecule has 0 spiro atoms. The Hall–Kier alpha value is -3.49. The standard InChI is InChI=1S/C19H13F3N4O2/c1-10-7-11(2)16-12(8-10)18(27)28-17(24-16)13-9-14(19(20,21)22)25-26(13)15-5-3-4-6-23-15/h3-9H,1-2H3. The summed E-state index contributed by atoms with van der Waals surface area (Å²) in [6, 6.07) is 8.97. The Bertz CT molecular complexity index is 1240. The van der Waals surface area contributed by atoms with Gasteiger partial charge >= 0.3 is 11.8 Å². The van der Waals surface area contributed by atoms with Crippen molar-refractivity contribution in [1.29, 1.82) is 0 Å². The number of hydrogen-bond donors (Lipinski definition) is 0. The molecule has 0 unspecified atom stereocenters. The minimum atomic E-state index is -4.68. The molecule has 0 aliphatic carbocycles. The zero-order chi connectivity index (χ0) is 20.1. The van der Waals surface area contributed by atoms with Crippen molar-refractivity contribution in [2.45, 2.75) is 20.0 Å². The zero-order valence-electron chi connectivity index (χ0n) is 14.8. The summed E-state index contributed by atoms with van der Waals surface area (Å²) in [6.45, 7) is 3.59. The van der Waals surface area contributed by atoms with Crippen LogP contribution in [0.4, 0.5) is 13.2 Å². The number of benzene rings is 1. The third-order valence-electron chi connectivity index (χ3n) is 4.15. The van der Waals surface area contributed by atoms with Crippen LogP contribution in [-0.4, -0.2) is 19.7 Å². The van der Waals surface area contributed by atoms with E-state index in [0.29, 0.717) is 11.1 Å². The van der Waals surface area contributed by atoms with Crippen LogP contribution >= 0.6 is 0 Å². The van der Waals surface area contributed by atoms with Gasteiger partial charge in [-0.05, 0) is 43.2 Å². The van der Waals surface area contributed by atoms with Crippen LogP contribution in [0.5, 0.6) is 0 Å². The molecule has 0 N–H and O–H groups in total. The molecule has 0 radical (unpaired) electrons. The van der Waals surface area contributed by atoms with Gasteiger partial charge in [0, 0.05) is 12.3 Å². The summed E-state index contributed by atoms with van der Waals surface area (Å²) in [5.74, 6) is -0.128. The Kier molecular flexibility index (Phi) is 4.02. The van der Waals surface area contributed by atoms with Crippen LogP contribution in [0.2, 0.25) is 0 Å². The lowest BCUT2D eigenvalue weighted by Gasteiger charge is -2.07. The number of hydrogen-bond acceptors (Lipinski definition) is 5. The van der Waals surface area contributed by atoms with E-state index in [4.69, 9.17) is 4.42 Å². The first-order valence-electron chi connectivity index (χ1n) is 8.25. The normalized spacial score (nSPS) is 11.9. The number of rotatable bonds is 2. The Morgan fingerprint density at radius 2 is 1.89 bits per heavy atom. The molecule has 6 nitrogen and oxygen atoms in total. The predicted octanol–water partition coefficient (Wildman–Crippen LogP) is 4.07. The highest BCUT2D eigenvalue weighted by atomic mass is 19.4. The predicted molar refractivity (Wildman–Crippen MR) is 95.1 cm³/mol. The molecule has 0 saturated carbocycles. The van der Waals surface area contributed by atoms with E-state index in [1.165, 1.54) is 12.3 Å². The molecule has 3 aromatic heterocycles.